The summed E-state index contributed by atoms with van der Waals surface area (Å²) in [6.45, 7) is 5.27. The van der Waals surface area contributed by atoms with E-state index in [1.807, 2.05) is 6.92 Å². The SMILES string of the molecule is Cc1nc(C(N)CO)c2n1CC(C)CC2. The molecule has 0 fully saturated rings. The third-order valence-corrected chi connectivity index (χ3v) is 3.21. The van der Waals surface area contributed by atoms with Crippen LogP contribution in [0.25, 0.3) is 0 Å². The molecule has 0 aliphatic carbocycles. The van der Waals surface area contributed by atoms with Crippen molar-refractivity contribution in [1.82, 2.24) is 9.55 Å². The van der Waals surface area contributed by atoms with Crippen molar-refractivity contribution in [3.8, 4) is 0 Å². The molecule has 0 saturated carbocycles. The van der Waals surface area contributed by atoms with Crippen molar-refractivity contribution in [3.63, 3.8) is 0 Å². The molecule has 2 heterocycles. The molecule has 4 heteroatoms. The first-order valence-electron chi connectivity index (χ1n) is 5.55. The van der Waals surface area contributed by atoms with Crippen molar-refractivity contribution in [2.45, 2.75) is 39.3 Å². The Bertz CT molecular complexity index is 359. The minimum Gasteiger partial charge on any atom is -0.394 e. The summed E-state index contributed by atoms with van der Waals surface area (Å²) < 4.78 is 2.25. The minimum absolute atomic E-state index is 0.0288. The van der Waals surface area contributed by atoms with E-state index < -0.39 is 0 Å². The number of aromatic nitrogens is 2. The maximum Gasteiger partial charge on any atom is 0.106 e. The van der Waals surface area contributed by atoms with Gasteiger partial charge in [0.25, 0.3) is 0 Å². The smallest absolute Gasteiger partial charge is 0.106 e. The zero-order valence-electron chi connectivity index (χ0n) is 9.40. The number of fused-ring (bicyclic) bond motifs is 1. The second-order valence-corrected chi connectivity index (χ2v) is 4.53. The molecule has 0 aromatic carbocycles. The largest absolute Gasteiger partial charge is 0.394 e. The van der Waals surface area contributed by atoms with Gasteiger partial charge in [-0.15, -0.1) is 0 Å². The maximum absolute atomic E-state index is 9.08. The second kappa shape index (κ2) is 3.94. The number of aryl methyl sites for hydroxylation is 1. The molecule has 1 aromatic rings. The highest BCUT2D eigenvalue weighted by Crippen LogP contribution is 2.26. The van der Waals surface area contributed by atoms with E-state index in [0.29, 0.717) is 5.92 Å². The van der Waals surface area contributed by atoms with Crippen LogP contribution in [0.2, 0.25) is 0 Å². The van der Waals surface area contributed by atoms with Crippen molar-refractivity contribution < 1.29 is 5.11 Å². The summed E-state index contributed by atoms with van der Waals surface area (Å²) in [5.41, 5.74) is 7.96. The fourth-order valence-corrected chi connectivity index (χ4v) is 2.31. The summed E-state index contributed by atoms with van der Waals surface area (Å²) in [6.07, 6.45) is 2.22. The Morgan fingerprint density at radius 1 is 1.67 bits per heavy atom. The Balaban J connectivity index is 2.39. The van der Waals surface area contributed by atoms with E-state index in [1.165, 1.54) is 12.1 Å². The van der Waals surface area contributed by atoms with Gasteiger partial charge in [-0.3, -0.25) is 0 Å². The van der Waals surface area contributed by atoms with E-state index >= 15 is 0 Å². The van der Waals surface area contributed by atoms with Crippen LogP contribution in [-0.2, 0) is 13.0 Å². The molecule has 0 spiro atoms. The summed E-state index contributed by atoms with van der Waals surface area (Å²) in [7, 11) is 0. The lowest BCUT2D eigenvalue weighted by Crippen LogP contribution is -2.22. The van der Waals surface area contributed by atoms with Gasteiger partial charge in [-0.2, -0.15) is 0 Å². The van der Waals surface area contributed by atoms with E-state index in [-0.39, 0.29) is 12.6 Å². The number of aliphatic hydroxyl groups excluding tert-OH is 1. The van der Waals surface area contributed by atoms with E-state index in [2.05, 4.69) is 16.5 Å². The van der Waals surface area contributed by atoms with Crippen molar-refractivity contribution >= 4 is 0 Å². The average molecular weight is 209 g/mol. The van der Waals surface area contributed by atoms with Crippen LogP contribution >= 0.6 is 0 Å². The van der Waals surface area contributed by atoms with E-state index in [0.717, 1.165) is 24.5 Å². The summed E-state index contributed by atoms with van der Waals surface area (Å²) in [4.78, 5) is 4.48. The first kappa shape index (κ1) is 10.6. The summed E-state index contributed by atoms with van der Waals surface area (Å²) in [5, 5.41) is 9.08. The predicted octanol–water partition coefficient (Wildman–Crippen LogP) is 0.766. The minimum atomic E-state index is -0.326. The van der Waals surface area contributed by atoms with Crippen LogP contribution in [0.4, 0.5) is 0 Å². The standard InChI is InChI=1S/C11H19N3O/c1-7-3-4-10-11(9(12)6-15)13-8(2)14(10)5-7/h7,9,15H,3-6,12H2,1-2H3. The van der Waals surface area contributed by atoms with Gasteiger partial charge in [-0.1, -0.05) is 6.92 Å². The zero-order chi connectivity index (χ0) is 11.0. The van der Waals surface area contributed by atoms with Crippen molar-refractivity contribution in [3.05, 3.63) is 17.2 Å². The lowest BCUT2D eigenvalue weighted by atomic mass is 9.98. The molecular weight excluding hydrogens is 190 g/mol. The van der Waals surface area contributed by atoms with Crippen LogP contribution in [0.5, 0.6) is 0 Å². The van der Waals surface area contributed by atoms with Gasteiger partial charge in [-0.25, -0.2) is 4.98 Å². The van der Waals surface area contributed by atoms with Gasteiger partial charge in [0, 0.05) is 12.2 Å². The fourth-order valence-electron chi connectivity index (χ4n) is 2.31. The Labute approximate surface area is 90.1 Å². The molecule has 0 saturated heterocycles. The lowest BCUT2D eigenvalue weighted by molar-refractivity contribution is 0.264. The number of nitrogens with zero attached hydrogens (tertiary/aromatic N) is 2. The first-order valence-corrected chi connectivity index (χ1v) is 5.55. The molecule has 4 nitrogen and oxygen atoms in total. The normalized spacial score (nSPS) is 22.5. The summed E-state index contributed by atoms with van der Waals surface area (Å²) >= 11 is 0. The lowest BCUT2D eigenvalue weighted by Gasteiger charge is -2.23. The van der Waals surface area contributed by atoms with Crippen LogP contribution in [0, 0.1) is 12.8 Å². The molecule has 0 amide bonds. The third-order valence-electron chi connectivity index (χ3n) is 3.21. The van der Waals surface area contributed by atoms with Gasteiger partial charge < -0.3 is 15.4 Å². The molecule has 2 rings (SSSR count). The average Bonchev–Trinajstić information content (AvgIpc) is 2.55. The molecule has 15 heavy (non-hydrogen) atoms. The second-order valence-electron chi connectivity index (χ2n) is 4.53. The first-order chi connectivity index (χ1) is 7.13. The van der Waals surface area contributed by atoms with Gasteiger partial charge in [0.1, 0.15) is 5.82 Å². The Kier molecular flexibility index (Phi) is 2.80. The van der Waals surface area contributed by atoms with E-state index in [1.54, 1.807) is 0 Å². The molecule has 1 aliphatic rings. The number of imidazole rings is 1. The number of hydrogen-bond acceptors (Lipinski definition) is 3. The Hall–Kier alpha value is -0.870. The molecule has 84 valence electrons. The van der Waals surface area contributed by atoms with Gasteiger partial charge in [0.05, 0.1) is 18.3 Å². The van der Waals surface area contributed by atoms with Crippen molar-refractivity contribution in [2.75, 3.05) is 6.61 Å². The quantitative estimate of drug-likeness (QED) is 0.756. The molecule has 3 N–H and O–H groups in total. The highest BCUT2D eigenvalue weighted by Gasteiger charge is 2.23. The molecule has 2 unspecified atom stereocenters. The van der Waals surface area contributed by atoms with Gasteiger partial charge in [-0.05, 0) is 25.7 Å². The number of aliphatic hydroxyl groups is 1. The zero-order valence-corrected chi connectivity index (χ0v) is 9.40. The topological polar surface area (TPSA) is 64.1 Å². The molecule has 1 aromatic heterocycles. The highest BCUT2D eigenvalue weighted by atomic mass is 16.3. The van der Waals surface area contributed by atoms with Crippen LogP contribution in [0.3, 0.4) is 0 Å². The molecular formula is C11H19N3O. The van der Waals surface area contributed by atoms with Crippen LogP contribution in [0.15, 0.2) is 0 Å². The Morgan fingerprint density at radius 3 is 3.07 bits per heavy atom. The maximum atomic E-state index is 9.08. The van der Waals surface area contributed by atoms with E-state index in [9.17, 15) is 0 Å². The fraction of sp³-hybridized carbons (Fsp3) is 0.727. The number of hydrogen-bond donors (Lipinski definition) is 2. The molecule has 1 aliphatic heterocycles. The third kappa shape index (κ3) is 1.79. The highest BCUT2D eigenvalue weighted by molar-refractivity contribution is 5.22. The van der Waals surface area contributed by atoms with Crippen LogP contribution in [0.1, 0.15) is 36.6 Å². The number of nitrogens with two attached hydrogens (primary N) is 1. The predicted molar refractivity (Wildman–Crippen MR) is 58.5 cm³/mol. The van der Waals surface area contributed by atoms with Crippen LogP contribution < -0.4 is 5.73 Å². The number of rotatable bonds is 2. The Morgan fingerprint density at radius 2 is 2.40 bits per heavy atom. The van der Waals surface area contributed by atoms with E-state index in [4.69, 9.17) is 10.8 Å². The molecule has 2 atom stereocenters. The summed E-state index contributed by atoms with van der Waals surface area (Å²) in [5.74, 6) is 1.74. The molecule has 0 bridgehead atoms. The van der Waals surface area contributed by atoms with Gasteiger partial charge in [0.15, 0.2) is 0 Å². The van der Waals surface area contributed by atoms with Gasteiger partial charge >= 0.3 is 0 Å². The van der Waals surface area contributed by atoms with Gasteiger partial charge in [0.2, 0.25) is 0 Å². The van der Waals surface area contributed by atoms with Crippen molar-refractivity contribution in [1.29, 1.82) is 0 Å². The summed E-state index contributed by atoms with van der Waals surface area (Å²) in [6, 6.07) is -0.326. The monoisotopic (exact) mass is 209 g/mol. The van der Waals surface area contributed by atoms with Crippen LogP contribution in [-0.4, -0.2) is 21.3 Å². The molecule has 0 radical (unpaired) electrons. The van der Waals surface area contributed by atoms with Crippen molar-refractivity contribution in [2.24, 2.45) is 11.7 Å².